The molecule has 0 spiro atoms. The van der Waals surface area contributed by atoms with E-state index in [0.29, 0.717) is 38.8 Å². The van der Waals surface area contributed by atoms with E-state index in [9.17, 15) is 4.79 Å². The van der Waals surface area contributed by atoms with Crippen LogP contribution in [-0.4, -0.2) is 38.6 Å². The third-order valence-corrected chi connectivity index (χ3v) is 7.76. The number of thiocarbonyl (C=S) groups is 1. The summed E-state index contributed by atoms with van der Waals surface area (Å²) in [6.45, 7) is 3.02. The first-order valence-corrected chi connectivity index (χ1v) is 14.0. The molecule has 0 atom stereocenters. The fraction of sp³-hybridized carbons (Fsp3) is 0.167. The number of rotatable bonds is 9. The molecule has 1 aromatic heterocycles. The van der Waals surface area contributed by atoms with E-state index in [-0.39, 0.29) is 5.91 Å². The normalized spacial score (nSPS) is 14.3. The summed E-state index contributed by atoms with van der Waals surface area (Å²) in [4.78, 5) is 15.6. The number of carbonyl (C=O) groups excluding carboxylic acids is 1. The lowest BCUT2D eigenvalue weighted by atomic mass is 10.1. The van der Waals surface area contributed by atoms with E-state index in [1.807, 2.05) is 92.0 Å². The average Bonchev–Trinajstić information content (AvgIpc) is 3.49. The highest BCUT2D eigenvalue weighted by atomic mass is 35.5. The van der Waals surface area contributed by atoms with Gasteiger partial charge in [0.2, 0.25) is 0 Å². The van der Waals surface area contributed by atoms with Gasteiger partial charge in [0.05, 0.1) is 35.9 Å². The Bertz CT molecular complexity index is 1540. The van der Waals surface area contributed by atoms with Crippen molar-refractivity contribution in [1.82, 2.24) is 14.7 Å². The van der Waals surface area contributed by atoms with Gasteiger partial charge in [0.15, 0.2) is 0 Å². The van der Waals surface area contributed by atoms with Gasteiger partial charge in [0.1, 0.15) is 21.5 Å². The second-order valence-electron chi connectivity index (χ2n) is 8.82. The summed E-state index contributed by atoms with van der Waals surface area (Å²) < 4.78 is 13.3. The Morgan fingerprint density at radius 3 is 2.54 bits per heavy atom. The maximum atomic E-state index is 13.4. The molecule has 5 rings (SSSR count). The molecule has 39 heavy (non-hydrogen) atoms. The summed E-state index contributed by atoms with van der Waals surface area (Å²) >= 11 is 13.4. The first kappa shape index (κ1) is 27.0. The predicted molar refractivity (Wildman–Crippen MR) is 162 cm³/mol. The highest BCUT2D eigenvalue weighted by Crippen LogP contribution is 2.37. The molecule has 0 saturated carbocycles. The molecule has 0 bridgehead atoms. The Morgan fingerprint density at radius 1 is 1.08 bits per heavy atom. The number of ether oxygens (including phenoxy) is 2. The zero-order valence-electron chi connectivity index (χ0n) is 21.5. The highest BCUT2D eigenvalue weighted by Gasteiger charge is 2.32. The smallest absolute Gasteiger partial charge is 0.266 e. The molecule has 2 heterocycles. The molecule has 6 nitrogen and oxygen atoms in total. The fourth-order valence-electron chi connectivity index (χ4n) is 4.10. The van der Waals surface area contributed by atoms with E-state index in [2.05, 4.69) is 0 Å². The van der Waals surface area contributed by atoms with Crippen LogP contribution in [0.25, 0.3) is 23.0 Å². The number of hydrogen-bond acceptors (Lipinski definition) is 6. The van der Waals surface area contributed by atoms with Crippen LogP contribution in [0.2, 0.25) is 5.02 Å². The molecule has 0 radical (unpaired) electrons. The van der Waals surface area contributed by atoms with E-state index in [4.69, 9.17) is 38.4 Å². The second-order valence-corrected chi connectivity index (χ2v) is 10.9. The minimum Gasteiger partial charge on any atom is -0.497 e. The third-order valence-electron chi connectivity index (χ3n) is 6.09. The van der Waals surface area contributed by atoms with Gasteiger partial charge < -0.3 is 9.47 Å². The van der Waals surface area contributed by atoms with E-state index in [0.717, 1.165) is 34.5 Å². The minimum atomic E-state index is -0.138. The zero-order chi connectivity index (χ0) is 27.4. The largest absolute Gasteiger partial charge is 0.497 e. The Hall–Kier alpha value is -3.59. The molecule has 4 aromatic rings. The van der Waals surface area contributed by atoms with Gasteiger partial charge in [0.25, 0.3) is 5.91 Å². The average molecular weight is 576 g/mol. The summed E-state index contributed by atoms with van der Waals surface area (Å²) in [5.41, 5.74) is 4.16. The van der Waals surface area contributed by atoms with Crippen LogP contribution in [0.3, 0.4) is 0 Å². The van der Waals surface area contributed by atoms with Gasteiger partial charge in [0, 0.05) is 17.3 Å². The standard InChI is InChI=1S/C30H26ClN3O3S2/c1-3-15-37-26-14-11-21(16-25(26)31)28-22(19-34(32-28)23-7-5-4-6-8-23)17-27-29(35)33(30(38)39-27)18-20-9-12-24(36-2)13-10-20/h4-14,16-17,19H,3,15,18H2,1-2H3. The van der Waals surface area contributed by atoms with Crippen LogP contribution in [0.1, 0.15) is 24.5 Å². The molecule has 1 aliphatic rings. The SMILES string of the molecule is CCCOc1ccc(-c2nn(-c3ccccc3)cc2C=C2SC(=S)N(Cc3ccc(OC)cc3)C2=O)cc1Cl. The van der Waals surface area contributed by atoms with Crippen LogP contribution in [0.5, 0.6) is 11.5 Å². The summed E-state index contributed by atoms with van der Waals surface area (Å²) in [6.07, 6.45) is 4.65. The molecule has 1 aliphatic heterocycles. The van der Waals surface area contributed by atoms with E-state index >= 15 is 0 Å². The summed E-state index contributed by atoms with van der Waals surface area (Å²) in [5.74, 6) is 1.25. The number of amides is 1. The van der Waals surface area contributed by atoms with Crippen molar-refractivity contribution in [3.05, 3.63) is 100 Å². The lowest BCUT2D eigenvalue weighted by Gasteiger charge is -2.14. The van der Waals surface area contributed by atoms with Crippen LogP contribution in [-0.2, 0) is 11.3 Å². The number of hydrogen-bond donors (Lipinski definition) is 0. The molecule has 0 N–H and O–H groups in total. The Morgan fingerprint density at radius 2 is 1.85 bits per heavy atom. The number of halogens is 1. The van der Waals surface area contributed by atoms with Crippen molar-refractivity contribution in [2.75, 3.05) is 13.7 Å². The number of thioether (sulfide) groups is 1. The minimum absolute atomic E-state index is 0.138. The molecular formula is C30H26ClN3O3S2. The Labute approximate surface area is 242 Å². The van der Waals surface area contributed by atoms with Crippen molar-refractivity contribution in [3.8, 4) is 28.4 Å². The number of carbonyl (C=O) groups is 1. The van der Waals surface area contributed by atoms with Gasteiger partial charge >= 0.3 is 0 Å². The van der Waals surface area contributed by atoms with Crippen molar-refractivity contribution >= 4 is 51.9 Å². The van der Waals surface area contributed by atoms with Gasteiger partial charge in [-0.2, -0.15) is 5.10 Å². The van der Waals surface area contributed by atoms with Crippen molar-refractivity contribution in [1.29, 1.82) is 0 Å². The van der Waals surface area contributed by atoms with Crippen molar-refractivity contribution in [3.63, 3.8) is 0 Å². The van der Waals surface area contributed by atoms with Crippen molar-refractivity contribution in [2.24, 2.45) is 0 Å². The molecule has 198 valence electrons. The summed E-state index contributed by atoms with van der Waals surface area (Å²) in [7, 11) is 1.62. The maximum Gasteiger partial charge on any atom is 0.266 e. The predicted octanol–water partition coefficient (Wildman–Crippen LogP) is 7.39. The van der Waals surface area contributed by atoms with Crippen LogP contribution in [0.15, 0.2) is 83.9 Å². The lowest BCUT2D eigenvalue weighted by Crippen LogP contribution is -2.27. The monoisotopic (exact) mass is 575 g/mol. The van der Waals surface area contributed by atoms with Crippen LogP contribution < -0.4 is 9.47 Å². The molecule has 0 unspecified atom stereocenters. The first-order valence-electron chi connectivity index (χ1n) is 12.4. The molecule has 1 amide bonds. The zero-order valence-corrected chi connectivity index (χ0v) is 23.9. The number of aromatic nitrogens is 2. The molecule has 1 saturated heterocycles. The van der Waals surface area contributed by atoms with Gasteiger partial charge in [-0.15, -0.1) is 0 Å². The maximum absolute atomic E-state index is 13.4. The Kier molecular flexibility index (Phi) is 8.35. The van der Waals surface area contributed by atoms with Crippen molar-refractivity contribution < 1.29 is 14.3 Å². The van der Waals surface area contributed by atoms with Crippen LogP contribution in [0.4, 0.5) is 0 Å². The topological polar surface area (TPSA) is 56.6 Å². The van der Waals surface area contributed by atoms with Gasteiger partial charge in [-0.05, 0) is 60.5 Å². The quantitative estimate of drug-likeness (QED) is 0.153. The first-order chi connectivity index (χ1) is 19.0. The van der Waals surface area contributed by atoms with Crippen LogP contribution >= 0.6 is 35.6 Å². The van der Waals surface area contributed by atoms with E-state index < -0.39 is 0 Å². The van der Waals surface area contributed by atoms with Gasteiger partial charge in [-0.3, -0.25) is 9.69 Å². The van der Waals surface area contributed by atoms with Crippen molar-refractivity contribution in [2.45, 2.75) is 19.9 Å². The number of benzene rings is 3. The molecule has 0 aliphatic carbocycles. The molecule has 3 aromatic carbocycles. The Balaban J connectivity index is 1.49. The third kappa shape index (κ3) is 6.03. The number of nitrogens with zero attached hydrogens (tertiary/aromatic N) is 3. The highest BCUT2D eigenvalue weighted by molar-refractivity contribution is 8.26. The molecule has 9 heteroatoms. The van der Waals surface area contributed by atoms with Crippen LogP contribution in [0, 0.1) is 0 Å². The van der Waals surface area contributed by atoms with Gasteiger partial charge in [-0.25, -0.2) is 4.68 Å². The van der Waals surface area contributed by atoms with Gasteiger partial charge in [-0.1, -0.05) is 72.8 Å². The summed E-state index contributed by atoms with van der Waals surface area (Å²) in [5, 5.41) is 5.37. The fourth-order valence-corrected chi connectivity index (χ4v) is 5.58. The molecule has 1 fully saturated rings. The molecular weight excluding hydrogens is 550 g/mol. The second kappa shape index (κ2) is 12.1. The van der Waals surface area contributed by atoms with E-state index in [1.165, 1.54) is 11.8 Å². The summed E-state index contributed by atoms with van der Waals surface area (Å²) in [6, 6.07) is 23.1. The number of para-hydroxylation sites is 1. The van der Waals surface area contributed by atoms with E-state index in [1.54, 1.807) is 16.7 Å². The number of methoxy groups -OCH3 is 1. The lowest BCUT2D eigenvalue weighted by molar-refractivity contribution is -0.122.